The Morgan fingerprint density at radius 3 is 2.21 bits per heavy atom. The molecule has 334 valence electrons. The molecule has 1 aromatic heterocycles. The molecular weight excluding hydrogens is 809 g/mol. The molecule has 5 rings (SSSR count). The van der Waals surface area contributed by atoms with Crippen molar-refractivity contribution in [2.45, 2.75) is 109 Å². The topological polar surface area (TPSA) is 238 Å². The van der Waals surface area contributed by atoms with Crippen molar-refractivity contribution in [3.05, 3.63) is 101 Å². The van der Waals surface area contributed by atoms with Crippen LogP contribution in [-0.4, -0.2) is 104 Å². The molecule has 0 radical (unpaired) electrons. The van der Waals surface area contributed by atoms with Crippen molar-refractivity contribution in [2.75, 3.05) is 13.1 Å². The summed E-state index contributed by atoms with van der Waals surface area (Å²) >= 11 is 0. The fourth-order valence-corrected chi connectivity index (χ4v) is 7.55. The minimum Gasteiger partial charge on any atom is -0.598 e. The molecule has 0 bridgehead atoms. The third kappa shape index (κ3) is 11.4. The number of amides is 5. The van der Waals surface area contributed by atoms with Gasteiger partial charge in [-0.3, -0.25) is 33.8 Å². The van der Waals surface area contributed by atoms with Crippen LogP contribution in [-0.2, 0) is 41.8 Å². The molecular formula is C43H55F2N9O8. The number of nitrogens with one attached hydrogen (secondary N) is 4. The first-order chi connectivity index (χ1) is 29.3. The highest BCUT2D eigenvalue weighted by Crippen LogP contribution is 2.31. The van der Waals surface area contributed by atoms with Crippen molar-refractivity contribution in [3.8, 4) is 0 Å². The number of halogens is 2. The molecule has 0 spiro atoms. The number of nitrogens with two attached hydrogens (primary N) is 1. The summed E-state index contributed by atoms with van der Waals surface area (Å²) in [7, 11) is 0. The SMILES string of the molecule is CCC[C@H](NC(=O)[C@@H]1C[C@@H](O[N+]2([O-])CCc3ccccc3C2)CN1C(=O)[C@@H](NC(=O)[C@@H](NC(=O)c1cnccn1)C(C)C)C(C)C)C(=O)C(F)(F)C(=O)N[C@@H](N)c1ccccc1. The fourth-order valence-electron chi connectivity index (χ4n) is 7.55. The Kier molecular flexibility index (Phi) is 15.6. The van der Waals surface area contributed by atoms with Gasteiger partial charge in [-0.1, -0.05) is 95.6 Å². The standard InChI is InChI=1S/C43H55F2N9O8/c1-6-12-31(36(55)43(44,45)42(60)52-37(46)28-14-8-7-9-15-28)49-39(57)33-21-30(62-54(61)20-17-27-13-10-11-16-29(27)24-54)23-53(33)41(59)35(26(4)5)51-40(58)34(25(2)3)50-38(56)32-22-47-18-19-48-32/h7-11,13-16,18-19,22,25-26,30-31,33-35,37H,6,12,17,20-21,23-24,46H2,1-5H3,(H,49,57)(H,50,56)(H,51,58)(H,52,60)/t30-,31+,33+,34+,35+,37-,54?/m1/s1. The molecule has 3 heterocycles. The molecule has 2 aromatic carbocycles. The van der Waals surface area contributed by atoms with Crippen LogP contribution in [0.3, 0.4) is 0 Å². The van der Waals surface area contributed by atoms with E-state index in [1.165, 1.54) is 30.7 Å². The molecule has 6 N–H and O–H groups in total. The monoisotopic (exact) mass is 863 g/mol. The van der Waals surface area contributed by atoms with Gasteiger partial charge in [0.15, 0.2) is 0 Å². The zero-order valence-electron chi connectivity index (χ0n) is 35.4. The highest BCUT2D eigenvalue weighted by atomic mass is 19.3. The van der Waals surface area contributed by atoms with Gasteiger partial charge in [-0.15, -0.1) is 0 Å². The summed E-state index contributed by atoms with van der Waals surface area (Å²) in [6.07, 6.45) is 1.52. The molecule has 62 heavy (non-hydrogen) atoms. The number of carbonyl (C=O) groups is 6. The lowest BCUT2D eigenvalue weighted by molar-refractivity contribution is -1.08. The maximum atomic E-state index is 15.6. The van der Waals surface area contributed by atoms with E-state index in [0.717, 1.165) is 16.0 Å². The number of likely N-dealkylation sites (tertiary alicyclic amines) is 1. The predicted molar refractivity (Wildman–Crippen MR) is 221 cm³/mol. The van der Waals surface area contributed by atoms with E-state index in [9.17, 15) is 34.0 Å². The van der Waals surface area contributed by atoms with Gasteiger partial charge in [0.2, 0.25) is 23.5 Å². The van der Waals surface area contributed by atoms with Crippen LogP contribution in [0.15, 0.2) is 73.2 Å². The molecule has 1 fully saturated rings. The minimum absolute atomic E-state index is 0.0376. The average Bonchev–Trinajstić information content (AvgIpc) is 3.67. The number of hydroxylamine groups is 4. The molecule has 0 saturated carbocycles. The molecule has 3 aromatic rings. The fraction of sp³-hybridized carbons (Fsp3) is 0.488. The lowest BCUT2D eigenvalue weighted by atomic mass is 9.98. The van der Waals surface area contributed by atoms with Crippen LogP contribution in [0.5, 0.6) is 0 Å². The largest absolute Gasteiger partial charge is 0.598 e. The second-order valence-corrected chi connectivity index (χ2v) is 16.4. The number of benzene rings is 2. The Bertz CT molecular complexity index is 2080. The van der Waals surface area contributed by atoms with E-state index in [2.05, 4.69) is 25.9 Å². The minimum atomic E-state index is -4.62. The van der Waals surface area contributed by atoms with Crippen LogP contribution in [0.2, 0.25) is 0 Å². The predicted octanol–water partition coefficient (Wildman–Crippen LogP) is 2.61. The lowest BCUT2D eigenvalue weighted by Crippen LogP contribution is -2.60. The number of hydrogen-bond donors (Lipinski definition) is 5. The van der Waals surface area contributed by atoms with Gasteiger partial charge in [0, 0.05) is 30.8 Å². The third-order valence-corrected chi connectivity index (χ3v) is 11.0. The third-order valence-electron chi connectivity index (χ3n) is 11.0. The van der Waals surface area contributed by atoms with Crippen LogP contribution >= 0.6 is 0 Å². The van der Waals surface area contributed by atoms with Crippen molar-refractivity contribution in [3.63, 3.8) is 0 Å². The lowest BCUT2D eigenvalue weighted by Gasteiger charge is -2.43. The number of rotatable bonds is 18. The number of aromatic nitrogens is 2. The second kappa shape index (κ2) is 20.4. The van der Waals surface area contributed by atoms with E-state index >= 15 is 8.78 Å². The van der Waals surface area contributed by atoms with Crippen LogP contribution in [0, 0.1) is 17.0 Å². The first kappa shape index (κ1) is 47.3. The summed E-state index contributed by atoms with van der Waals surface area (Å²) < 4.78 is 31.2. The summed E-state index contributed by atoms with van der Waals surface area (Å²) in [5.74, 6) is -12.7. The van der Waals surface area contributed by atoms with Crippen LogP contribution in [0.1, 0.15) is 87.2 Å². The summed E-state index contributed by atoms with van der Waals surface area (Å²) in [5, 5.41) is 23.7. The first-order valence-electron chi connectivity index (χ1n) is 20.7. The van der Waals surface area contributed by atoms with Gasteiger partial charge >= 0.3 is 5.92 Å². The van der Waals surface area contributed by atoms with Crippen LogP contribution in [0.4, 0.5) is 8.78 Å². The number of carbonyl (C=O) groups excluding carboxylic acids is 6. The van der Waals surface area contributed by atoms with E-state index in [-0.39, 0.29) is 44.6 Å². The quantitative estimate of drug-likeness (QED) is 0.0539. The number of fused-ring (bicyclic) bond motifs is 1. The number of ketones is 1. The van der Waals surface area contributed by atoms with Gasteiger partial charge in [0.25, 0.3) is 11.8 Å². The van der Waals surface area contributed by atoms with E-state index in [1.54, 1.807) is 58.9 Å². The smallest absolute Gasteiger partial charge is 0.383 e. The first-order valence-corrected chi connectivity index (χ1v) is 20.7. The molecule has 2 aliphatic heterocycles. The number of alkyl halides is 2. The van der Waals surface area contributed by atoms with E-state index in [0.29, 0.717) is 12.0 Å². The van der Waals surface area contributed by atoms with Crippen LogP contribution in [0.25, 0.3) is 0 Å². The van der Waals surface area contributed by atoms with Gasteiger partial charge in [0.05, 0.1) is 18.8 Å². The van der Waals surface area contributed by atoms with Gasteiger partial charge in [0.1, 0.15) is 49.2 Å². The van der Waals surface area contributed by atoms with Gasteiger partial charge in [-0.2, -0.15) is 13.6 Å². The zero-order valence-corrected chi connectivity index (χ0v) is 35.4. The molecule has 5 amide bonds. The number of quaternary nitrogens is 1. The summed E-state index contributed by atoms with van der Waals surface area (Å²) in [6.45, 7) is 7.97. The van der Waals surface area contributed by atoms with Crippen molar-refractivity contribution in [2.24, 2.45) is 17.6 Å². The Morgan fingerprint density at radius 1 is 0.919 bits per heavy atom. The van der Waals surface area contributed by atoms with Crippen molar-refractivity contribution in [1.29, 1.82) is 0 Å². The van der Waals surface area contributed by atoms with Gasteiger partial charge in [-0.05, 0) is 29.4 Å². The Hall–Kier alpha value is -5.76. The van der Waals surface area contributed by atoms with E-state index in [4.69, 9.17) is 10.6 Å². The molecule has 1 saturated heterocycles. The second-order valence-electron chi connectivity index (χ2n) is 16.4. The summed E-state index contributed by atoms with van der Waals surface area (Å²) in [6, 6.07) is 9.50. The van der Waals surface area contributed by atoms with Gasteiger partial charge in [-0.25, -0.2) is 9.79 Å². The molecule has 2 aliphatic rings. The maximum Gasteiger partial charge on any atom is 0.383 e. The molecule has 19 heteroatoms. The zero-order chi connectivity index (χ0) is 45.4. The molecule has 17 nitrogen and oxygen atoms in total. The van der Waals surface area contributed by atoms with Crippen molar-refractivity contribution < 1.29 is 47.2 Å². The highest BCUT2D eigenvalue weighted by molar-refractivity contribution is 6.10. The molecule has 1 unspecified atom stereocenters. The number of Topliss-reactive ketones (excluding diaryl/α,β-unsaturated/α-hetero) is 1. The average molecular weight is 864 g/mol. The maximum absolute atomic E-state index is 15.6. The van der Waals surface area contributed by atoms with E-state index < -0.39 is 94.3 Å². The van der Waals surface area contributed by atoms with Gasteiger partial charge < -0.3 is 37.1 Å². The Balaban J connectivity index is 1.38. The molecule has 7 atom stereocenters. The molecule has 0 aliphatic carbocycles. The Morgan fingerprint density at radius 2 is 1.58 bits per heavy atom. The number of nitrogens with zero attached hydrogens (tertiary/aromatic N) is 4. The summed E-state index contributed by atoms with van der Waals surface area (Å²) in [5.41, 5.74) is 7.97. The Labute approximate surface area is 358 Å². The highest BCUT2D eigenvalue weighted by Gasteiger charge is 2.52. The number of hydrogen-bond acceptors (Lipinski definition) is 11. The summed E-state index contributed by atoms with van der Waals surface area (Å²) in [4.78, 5) is 95.9. The van der Waals surface area contributed by atoms with Crippen LogP contribution < -0.4 is 27.0 Å². The van der Waals surface area contributed by atoms with Crippen molar-refractivity contribution >= 4 is 35.3 Å². The van der Waals surface area contributed by atoms with E-state index in [1.807, 2.05) is 23.5 Å². The normalized spacial score (nSPS) is 20.7. The van der Waals surface area contributed by atoms with Crippen molar-refractivity contribution in [1.82, 2.24) is 36.1 Å².